The van der Waals surface area contributed by atoms with Gasteiger partial charge in [-0.15, -0.1) is 0 Å². The van der Waals surface area contributed by atoms with E-state index in [2.05, 4.69) is 18.7 Å². The molecule has 17 heavy (non-hydrogen) atoms. The van der Waals surface area contributed by atoms with Gasteiger partial charge in [-0.25, -0.2) is 0 Å². The third-order valence-electron chi connectivity index (χ3n) is 6.13. The molecule has 0 bridgehead atoms. The van der Waals surface area contributed by atoms with Gasteiger partial charge in [0.05, 0.1) is 0 Å². The SMILES string of the molecule is CC(C)C1CC(N2CCC3(CCCC3)CC2)C1. The fourth-order valence-corrected chi connectivity index (χ4v) is 4.46. The predicted molar refractivity (Wildman–Crippen MR) is 73.1 cm³/mol. The van der Waals surface area contributed by atoms with Crippen molar-refractivity contribution in [1.29, 1.82) is 0 Å². The third kappa shape index (κ3) is 2.28. The number of piperidine rings is 1. The average molecular weight is 235 g/mol. The van der Waals surface area contributed by atoms with Crippen molar-refractivity contribution < 1.29 is 0 Å². The van der Waals surface area contributed by atoms with Gasteiger partial charge in [0.25, 0.3) is 0 Å². The molecule has 0 aromatic rings. The van der Waals surface area contributed by atoms with Gasteiger partial charge in [-0.05, 0) is 68.9 Å². The van der Waals surface area contributed by atoms with E-state index in [1.54, 1.807) is 12.8 Å². The minimum absolute atomic E-state index is 0.803. The molecule has 0 unspecified atom stereocenters. The minimum atomic E-state index is 0.803. The van der Waals surface area contributed by atoms with Gasteiger partial charge in [-0.2, -0.15) is 0 Å². The summed E-state index contributed by atoms with van der Waals surface area (Å²) >= 11 is 0. The molecule has 1 heteroatoms. The van der Waals surface area contributed by atoms with E-state index in [1.807, 2.05) is 0 Å². The first kappa shape index (κ1) is 12.0. The highest BCUT2D eigenvalue weighted by atomic mass is 15.2. The lowest BCUT2D eigenvalue weighted by Crippen LogP contribution is -2.50. The first-order chi connectivity index (χ1) is 8.19. The molecule has 0 atom stereocenters. The molecule has 3 aliphatic rings. The average Bonchev–Trinajstić information content (AvgIpc) is 2.67. The number of rotatable bonds is 2. The van der Waals surface area contributed by atoms with Crippen LogP contribution in [0.1, 0.15) is 65.2 Å². The summed E-state index contributed by atoms with van der Waals surface area (Å²) < 4.78 is 0. The van der Waals surface area contributed by atoms with Gasteiger partial charge < -0.3 is 4.90 Å². The second-order valence-corrected chi connectivity index (χ2v) is 7.37. The number of hydrogen-bond acceptors (Lipinski definition) is 1. The Morgan fingerprint density at radius 1 is 0.941 bits per heavy atom. The molecule has 2 saturated carbocycles. The fraction of sp³-hybridized carbons (Fsp3) is 1.00. The van der Waals surface area contributed by atoms with Crippen molar-refractivity contribution in [3.63, 3.8) is 0 Å². The molecule has 1 aliphatic heterocycles. The molecule has 2 aliphatic carbocycles. The van der Waals surface area contributed by atoms with E-state index in [0.717, 1.165) is 23.3 Å². The lowest BCUT2D eigenvalue weighted by molar-refractivity contribution is 0.00884. The molecule has 1 nitrogen and oxygen atoms in total. The molecule has 0 N–H and O–H groups in total. The van der Waals surface area contributed by atoms with E-state index in [9.17, 15) is 0 Å². The topological polar surface area (TPSA) is 3.24 Å². The molecular weight excluding hydrogens is 206 g/mol. The Morgan fingerprint density at radius 2 is 1.53 bits per heavy atom. The van der Waals surface area contributed by atoms with Crippen LogP contribution in [0.2, 0.25) is 0 Å². The summed E-state index contributed by atoms with van der Waals surface area (Å²) in [5.74, 6) is 1.94. The minimum Gasteiger partial charge on any atom is -0.300 e. The molecule has 0 radical (unpaired) electrons. The Morgan fingerprint density at radius 3 is 2.06 bits per heavy atom. The van der Waals surface area contributed by atoms with Crippen molar-refractivity contribution in [3.8, 4) is 0 Å². The summed E-state index contributed by atoms with van der Waals surface area (Å²) in [6.07, 6.45) is 12.1. The molecule has 1 saturated heterocycles. The van der Waals surface area contributed by atoms with Gasteiger partial charge in [-0.3, -0.25) is 0 Å². The van der Waals surface area contributed by atoms with E-state index in [0.29, 0.717) is 0 Å². The third-order valence-corrected chi connectivity index (χ3v) is 6.13. The van der Waals surface area contributed by atoms with Crippen LogP contribution in [0.4, 0.5) is 0 Å². The van der Waals surface area contributed by atoms with Crippen LogP contribution in [0, 0.1) is 17.3 Å². The van der Waals surface area contributed by atoms with Gasteiger partial charge in [-0.1, -0.05) is 26.7 Å². The van der Waals surface area contributed by atoms with Gasteiger partial charge >= 0.3 is 0 Å². The number of hydrogen-bond donors (Lipinski definition) is 0. The summed E-state index contributed by atoms with van der Waals surface area (Å²) in [5, 5.41) is 0. The highest BCUT2D eigenvalue weighted by molar-refractivity contribution is 4.95. The first-order valence-corrected chi connectivity index (χ1v) is 7.93. The van der Waals surface area contributed by atoms with Gasteiger partial charge in [0.15, 0.2) is 0 Å². The maximum Gasteiger partial charge on any atom is 0.0101 e. The Bertz CT molecular complexity index is 249. The van der Waals surface area contributed by atoms with Crippen molar-refractivity contribution in [2.75, 3.05) is 13.1 Å². The second kappa shape index (κ2) is 4.57. The lowest BCUT2D eigenvalue weighted by atomic mass is 9.71. The molecule has 0 amide bonds. The Balaban J connectivity index is 1.46. The lowest BCUT2D eigenvalue weighted by Gasteiger charge is -2.49. The quantitative estimate of drug-likeness (QED) is 0.697. The molecule has 1 heterocycles. The van der Waals surface area contributed by atoms with E-state index < -0.39 is 0 Å². The van der Waals surface area contributed by atoms with E-state index in [-0.39, 0.29) is 0 Å². The molecule has 98 valence electrons. The van der Waals surface area contributed by atoms with Crippen molar-refractivity contribution in [2.45, 2.75) is 71.3 Å². The maximum absolute atomic E-state index is 2.82. The van der Waals surface area contributed by atoms with Crippen LogP contribution in [0.5, 0.6) is 0 Å². The Hall–Kier alpha value is -0.0400. The smallest absolute Gasteiger partial charge is 0.0101 e. The number of nitrogens with zero attached hydrogens (tertiary/aromatic N) is 1. The zero-order chi connectivity index (χ0) is 11.9. The highest BCUT2D eigenvalue weighted by Gasteiger charge is 2.41. The zero-order valence-electron chi connectivity index (χ0n) is 11.8. The second-order valence-electron chi connectivity index (χ2n) is 7.37. The fourth-order valence-electron chi connectivity index (χ4n) is 4.46. The van der Waals surface area contributed by atoms with Crippen LogP contribution in [0.15, 0.2) is 0 Å². The predicted octanol–water partition coefficient (Wildman–Crippen LogP) is 4.08. The van der Waals surface area contributed by atoms with Crippen LogP contribution in [-0.4, -0.2) is 24.0 Å². The molecule has 0 aromatic heterocycles. The van der Waals surface area contributed by atoms with Crippen molar-refractivity contribution in [3.05, 3.63) is 0 Å². The highest BCUT2D eigenvalue weighted by Crippen LogP contribution is 2.48. The molecule has 3 fully saturated rings. The summed E-state index contributed by atoms with van der Waals surface area (Å²) in [6.45, 7) is 7.61. The van der Waals surface area contributed by atoms with E-state index in [4.69, 9.17) is 0 Å². The zero-order valence-corrected chi connectivity index (χ0v) is 11.8. The van der Waals surface area contributed by atoms with E-state index >= 15 is 0 Å². The Labute approximate surface area is 107 Å². The molecule has 3 rings (SSSR count). The summed E-state index contributed by atoms with van der Waals surface area (Å²) in [4.78, 5) is 2.82. The largest absolute Gasteiger partial charge is 0.300 e. The van der Waals surface area contributed by atoms with Crippen LogP contribution < -0.4 is 0 Å². The molecular formula is C16H29N. The van der Waals surface area contributed by atoms with Crippen LogP contribution in [0.3, 0.4) is 0 Å². The van der Waals surface area contributed by atoms with Gasteiger partial charge in [0, 0.05) is 6.04 Å². The van der Waals surface area contributed by atoms with Crippen LogP contribution >= 0.6 is 0 Å². The summed E-state index contributed by atoms with van der Waals surface area (Å²) in [7, 11) is 0. The normalized spacial score (nSPS) is 37.6. The molecule has 1 spiro atoms. The monoisotopic (exact) mass is 235 g/mol. The van der Waals surface area contributed by atoms with E-state index in [1.165, 1.54) is 51.6 Å². The maximum atomic E-state index is 2.82. The number of likely N-dealkylation sites (tertiary alicyclic amines) is 1. The summed E-state index contributed by atoms with van der Waals surface area (Å²) in [5.41, 5.74) is 0.803. The van der Waals surface area contributed by atoms with Gasteiger partial charge in [0.1, 0.15) is 0 Å². The van der Waals surface area contributed by atoms with Crippen LogP contribution in [-0.2, 0) is 0 Å². The van der Waals surface area contributed by atoms with Crippen molar-refractivity contribution in [1.82, 2.24) is 4.90 Å². The Kier molecular flexibility index (Phi) is 3.23. The summed E-state index contributed by atoms with van der Waals surface area (Å²) in [6, 6.07) is 0.959. The first-order valence-electron chi connectivity index (χ1n) is 7.93. The standard InChI is InChI=1S/C16H29N/c1-13(2)14-11-15(12-14)17-9-7-16(8-10-17)5-3-4-6-16/h13-15H,3-12H2,1-2H3. The van der Waals surface area contributed by atoms with Crippen molar-refractivity contribution >= 4 is 0 Å². The van der Waals surface area contributed by atoms with Crippen molar-refractivity contribution in [2.24, 2.45) is 17.3 Å². The van der Waals surface area contributed by atoms with Gasteiger partial charge in [0.2, 0.25) is 0 Å². The van der Waals surface area contributed by atoms with Crippen LogP contribution in [0.25, 0.3) is 0 Å². The molecule has 0 aromatic carbocycles.